The van der Waals surface area contributed by atoms with Crippen LogP contribution in [0.15, 0.2) is 15.2 Å². The van der Waals surface area contributed by atoms with Gasteiger partial charge in [0.1, 0.15) is 0 Å². The number of hydrogen-bond donors (Lipinski definition) is 4. The van der Waals surface area contributed by atoms with Crippen molar-refractivity contribution in [3.8, 4) is 6.19 Å². The van der Waals surface area contributed by atoms with Gasteiger partial charge in [-0.3, -0.25) is 40.4 Å². The number of guanidine groups is 1. The van der Waals surface area contributed by atoms with Gasteiger partial charge in [0.15, 0.2) is 0 Å². The van der Waals surface area contributed by atoms with Gasteiger partial charge in [-0.15, -0.1) is 4.99 Å². The number of nitrogens with zero attached hydrogens (tertiary/aromatic N) is 4. The summed E-state index contributed by atoms with van der Waals surface area (Å²) in [6.45, 7) is 0. The molecule has 2 rings (SSSR count). The van der Waals surface area contributed by atoms with E-state index in [1.165, 1.54) is 6.19 Å². The van der Waals surface area contributed by atoms with E-state index in [4.69, 9.17) is 5.26 Å². The topological polar surface area (TPSA) is 194 Å². The van der Waals surface area contributed by atoms with Crippen LogP contribution in [-0.2, 0) is 19.2 Å². The quantitative estimate of drug-likeness (QED) is 0.233. The third-order valence-corrected chi connectivity index (χ3v) is 2.41. The van der Waals surface area contributed by atoms with Gasteiger partial charge in [0, 0.05) is 0 Å². The zero-order valence-corrected chi connectivity index (χ0v) is 10.5. The van der Waals surface area contributed by atoms with E-state index in [0.717, 1.165) is 0 Å². The number of urea groups is 1. The lowest BCUT2D eigenvalue weighted by molar-refractivity contribution is -0.134. The highest BCUT2D eigenvalue weighted by atomic mass is 16.2. The minimum atomic E-state index is -1.70. The molecule has 22 heavy (non-hydrogen) atoms. The first-order valence-corrected chi connectivity index (χ1v) is 5.56. The first-order valence-electron chi connectivity index (χ1n) is 5.56. The van der Waals surface area contributed by atoms with Gasteiger partial charge in [0.25, 0.3) is 23.6 Å². The molecular formula is C9H6N8O5. The zero-order valence-electron chi connectivity index (χ0n) is 10.5. The summed E-state index contributed by atoms with van der Waals surface area (Å²) in [6.07, 6.45) is 1.36. The molecule has 6 amide bonds. The molecule has 0 aliphatic carbocycles. The lowest BCUT2D eigenvalue weighted by Gasteiger charge is -2.20. The number of hydrogen-bond acceptors (Lipinski definition) is 9. The van der Waals surface area contributed by atoms with Crippen LogP contribution in [0.25, 0.3) is 0 Å². The normalized spacial score (nSPS) is 22.6. The summed E-state index contributed by atoms with van der Waals surface area (Å²) < 4.78 is 0. The summed E-state index contributed by atoms with van der Waals surface area (Å²) in [7, 11) is 0. The molecule has 0 aromatic heterocycles. The van der Waals surface area contributed by atoms with E-state index in [-0.39, 0.29) is 5.96 Å². The van der Waals surface area contributed by atoms with Gasteiger partial charge < -0.3 is 0 Å². The molecule has 112 valence electrons. The number of imide groups is 2. The number of amides is 6. The van der Waals surface area contributed by atoms with E-state index in [0.29, 0.717) is 0 Å². The number of aliphatic imine (C=N–C) groups is 1. The fourth-order valence-electron chi connectivity index (χ4n) is 1.48. The molecule has 2 aliphatic rings. The monoisotopic (exact) mass is 306 g/mol. The molecule has 0 saturated carbocycles. The standard InChI is InChI=1S/C9H6N8O5/c10-1-11-8-12-4(18)2(5(19)13-8)16-17-3-6(20)14-9(22)15-7(3)21/h2-3H,(H2,11,12,13,18,19)(H2,14,15,20,21,22). The molecule has 0 unspecified atom stereocenters. The Bertz CT molecular complexity index is 649. The Morgan fingerprint density at radius 2 is 1.18 bits per heavy atom. The molecule has 0 radical (unpaired) electrons. The van der Waals surface area contributed by atoms with Crippen LogP contribution in [0.1, 0.15) is 0 Å². The molecule has 0 aromatic carbocycles. The van der Waals surface area contributed by atoms with Crippen LogP contribution in [0, 0.1) is 11.5 Å². The van der Waals surface area contributed by atoms with Crippen molar-refractivity contribution < 1.29 is 24.0 Å². The fraction of sp³-hybridized carbons (Fsp3) is 0.222. The minimum absolute atomic E-state index is 0.373. The van der Waals surface area contributed by atoms with Crippen molar-refractivity contribution in [3.05, 3.63) is 0 Å². The van der Waals surface area contributed by atoms with Crippen molar-refractivity contribution in [1.82, 2.24) is 21.3 Å². The molecule has 13 heteroatoms. The van der Waals surface area contributed by atoms with E-state index in [2.05, 4.69) is 25.9 Å². The molecule has 0 bridgehead atoms. The van der Waals surface area contributed by atoms with Crippen LogP contribution < -0.4 is 21.3 Å². The van der Waals surface area contributed by atoms with Gasteiger partial charge in [0.2, 0.25) is 24.2 Å². The highest BCUT2D eigenvalue weighted by Crippen LogP contribution is 2.04. The molecule has 2 aliphatic heterocycles. The Balaban J connectivity index is 2.12. The van der Waals surface area contributed by atoms with Crippen molar-refractivity contribution in [2.24, 2.45) is 15.2 Å². The third kappa shape index (κ3) is 2.90. The van der Waals surface area contributed by atoms with Crippen LogP contribution in [0.4, 0.5) is 4.79 Å². The number of carbonyl (C=O) groups excluding carboxylic acids is 5. The second kappa shape index (κ2) is 5.75. The Labute approximate surface area is 120 Å². The van der Waals surface area contributed by atoms with E-state index < -0.39 is 41.7 Å². The summed E-state index contributed by atoms with van der Waals surface area (Å²) in [6, 6.07) is -4.38. The number of nitrogens with one attached hydrogen (secondary N) is 4. The van der Waals surface area contributed by atoms with Gasteiger partial charge >= 0.3 is 6.03 Å². The van der Waals surface area contributed by atoms with Gasteiger partial charge in [0.05, 0.1) is 0 Å². The molecule has 2 heterocycles. The Kier molecular flexibility index (Phi) is 3.84. The predicted octanol–water partition coefficient (Wildman–Crippen LogP) is -3.38. The number of rotatable bonds is 2. The largest absolute Gasteiger partial charge is 0.328 e. The Morgan fingerprint density at radius 3 is 1.59 bits per heavy atom. The summed E-state index contributed by atoms with van der Waals surface area (Å²) in [5, 5.41) is 22.6. The van der Waals surface area contributed by atoms with E-state index in [1.54, 1.807) is 10.6 Å². The second-order valence-corrected chi connectivity index (χ2v) is 3.88. The molecule has 13 nitrogen and oxygen atoms in total. The maximum Gasteiger partial charge on any atom is 0.328 e. The molecule has 4 N–H and O–H groups in total. The summed E-state index contributed by atoms with van der Waals surface area (Å²) >= 11 is 0. The lowest BCUT2D eigenvalue weighted by atomic mass is 10.2. The zero-order chi connectivity index (χ0) is 16.3. The van der Waals surface area contributed by atoms with Gasteiger partial charge in [-0.1, -0.05) is 0 Å². The number of carbonyl (C=O) groups is 5. The van der Waals surface area contributed by atoms with Crippen LogP contribution >= 0.6 is 0 Å². The molecule has 0 aromatic rings. The SMILES string of the molecule is N#CN=C1NC(=O)C(N=NC2C(=O)NC(=O)NC2=O)C(=O)N1. The molecule has 2 fully saturated rings. The van der Waals surface area contributed by atoms with Gasteiger partial charge in [-0.05, 0) is 0 Å². The first-order chi connectivity index (χ1) is 10.4. The average Bonchev–Trinajstić information content (AvgIpc) is 2.40. The highest BCUT2D eigenvalue weighted by molar-refractivity contribution is 6.21. The average molecular weight is 306 g/mol. The van der Waals surface area contributed by atoms with E-state index in [1.807, 2.05) is 0 Å². The van der Waals surface area contributed by atoms with E-state index >= 15 is 0 Å². The molecule has 0 atom stereocenters. The summed E-state index contributed by atoms with van der Waals surface area (Å²) in [4.78, 5) is 59.9. The van der Waals surface area contributed by atoms with Crippen molar-refractivity contribution in [3.63, 3.8) is 0 Å². The van der Waals surface area contributed by atoms with Crippen LogP contribution in [0.5, 0.6) is 0 Å². The van der Waals surface area contributed by atoms with E-state index in [9.17, 15) is 24.0 Å². The second-order valence-electron chi connectivity index (χ2n) is 3.88. The maximum atomic E-state index is 11.6. The number of azo groups is 1. The van der Waals surface area contributed by atoms with Gasteiger partial charge in [-0.25, -0.2) is 4.79 Å². The Hall–Kier alpha value is -3.69. The van der Waals surface area contributed by atoms with Crippen molar-refractivity contribution >= 4 is 35.6 Å². The molecule has 2 saturated heterocycles. The van der Waals surface area contributed by atoms with Crippen molar-refractivity contribution in [1.29, 1.82) is 5.26 Å². The van der Waals surface area contributed by atoms with Gasteiger partial charge in [-0.2, -0.15) is 15.5 Å². The molecular weight excluding hydrogens is 300 g/mol. The summed E-state index contributed by atoms with van der Waals surface area (Å²) in [5.41, 5.74) is 0. The molecule has 0 spiro atoms. The van der Waals surface area contributed by atoms with Crippen molar-refractivity contribution in [2.45, 2.75) is 12.1 Å². The minimum Gasteiger partial charge on any atom is -0.293 e. The third-order valence-electron chi connectivity index (χ3n) is 2.41. The lowest BCUT2D eigenvalue weighted by Crippen LogP contribution is -2.59. The van der Waals surface area contributed by atoms with Crippen LogP contribution in [0.2, 0.25) is 0 Å². The van der Waals surface area contributed by atoms with Crippen molar-refractivity contribution in [2.75, 3.05) is 0 Å². The number of nitriles is 1. The predicted molar refractivity (Wildman–Crippen MR) is 63.4 cm³/mol. The van der Waals surface area contributed by atoms with Crippen LogP contribution in [0.3, 0.4) is 0 Å². The Morgan fingerprint density at radius 1 is 0.773 bits per heavy atom. The first kappa shape index (κ1) is 14.7. The summed E-state index contributed by atoms with van der Waals surface area (Å²) in [5.74, 6) is -4.35. The van der Waals surface area contributed by atoms with Crippen LogP contribution in [-0.4, -0.2) is 47.7 Å². The highest BCUT2D eigenvalue weighted by Gasteiger charge is 2.37. The number of barbiturate groups is 1. The maximum absolute atomic E-state index is 11.6. The fourth-order valence-corrected chi connectivity index (χ4v) is 1.48. The smallest absolute Gasteiger partial charge is 0.293 e.